The molecular formula is C10H14ClNO2. The van der Waals surface area contributed by atoms with Gasteiger partial charge in [0.15, 0.2) is 0 Å². The summed E-state index contributed by atoms with van der Waals surface area (Å²) in [5, 5.41) is 0.631. The molecule has 78 valence electrons. The third kappa shape index (κ3) is 2.38. The Hall–Kier alpha value is -0.770. The molecule has 1 aromatic carbocycles. The van der Waals surface area contributed by atoms with Crippen LogP contribution < -0.4 is 10.6 Å². The van der Waals surface area contributed by atoms with Gasteiger partial charge in [-0.15, -0.1) is 0 Å². The third-order valence-corrected chi connectivity index (χ3v) is 2.30. The molecule has 0 radical (unpaired) electrons. The van der Waals surface area contributed by atoms with Gasteiger partial charge in [0.1, 0.15) is 5.75 Å². The summed E-state index contributed by atoms with van der Waals surface area (Å²) in [7, 11) is 1.62. The summed E-state index contributed by atoms with van der Waals surface area (Å²) >= 11 is 5.92. The van der Waals surface area contributed by atoms with E-state index >= 15 is 0 Å². The Morgan fingerprint density at radius 2 is 2.14 bits per heavy atom. The predicted molar refractivity (Wildman–Crippen MR) is 56.4 cm³/mol. The lowest BCUT2D eigenvalue weighted by Gasteiger charge is -2.12. The molecule has 14 heavy (non-hydrogen) atoms. The van der Waals surface area contributed by atoms with Crippen molar-refractivity contribution in [3.8, 4) is 5.75 Å². The average Bonchev–Trinajstić information content (AvgIpc) is 2.17. The van der Waals surface area contributed by atoms with Crippen LogP contribution in [0.4, 0.5) is 0 Å². The summed E-state index contributed by atoms with van der Waals surface area (Å²) in [5.74, 6) is 5.83. The number of hydrogen-bond donors (Lipinski definition) is 1. The second-order valence-electron chi connectivity index (χ2n) is 2.91. The number of benzene rings is 1. The molecule has 0 fully saturated rings. The molecule has 0 aliphatic carbocycles. The number of rotatable bonds is 4. The first-order valence-corrected chi connectivity index (χ1v) is 4.77. The zero-order valence-corrected chi connectivity index (χ0v) is 9.10. The molecule has 0 aliphatic rings. The van der Waals surface area contributed by atoms with Crippen LogP contribution in [0.3, 0.4) is 0 Å². The van der Waals surface area contributed by atoms with E-state index in [4.69, 9.17) is 22.2 Å². The molecule has 2 N–H and O–H groups in total. The summed E-state index contributed by atoms with van der Waals surface area (Å²) in [4.78, 5) is 4.61. The Morgan fingerprint density at radius 1 is 1.43 bits per heavy atom. The molecule has 0 unspecified atom stereocenters. The van der Waals surface area contributed by atoms with Crippen molar-refractivity contribution in [3.05, 3.63) is 28.3 Å². The van der Waals surface area contributed by atoms with Crippen molar-refractivity contribution in [2.24, 2.45) is 5.90 Å². The van der Waals surface area contributed by atoms with E-state index in [1.165, 1.54) is 0 Å². The standard InChI is InChI=1S/C10H14ClNO2/c1-3-9-7(6-14-12)4-8(11)5-10(9)13-2/h4-5H,3,6,12H2,1-2H3. The number of methoxy groups -OCH3 is 1. The molecule has 0 aromatic heterocycles. The first-order chi connectivity index (χ1) is 6.72. The average molecular weight is 216 g/mol. The molecule has 0 heterocycles. The van der Waals surface area contributed by atoms with Crippen LogP contribution in [0.15, 0.2) is 12.1 Å². The van der Waals surface area contributed by atoms with Crippen molar-refractivity contribution < 1.29 is 9.57 Å². The van der Waals surface area contributed by atoms with E-state index in [2.05, 4.69) is 4.84 Å². The Balaban J connectivity index is 3.17. The smallest absolute Gasteiger partial charge is 0.123 e. The zero-order valence-electron chi connectivity index (χ0n) is 8.34. The summed E-state index contributed by atoms with van der Waals surface area (Å²) in [6.45, 7) is 2.39. The largest absolute Gasteiger partial charge is 0.496 e. The summed E-state index contributed by atoms with van der Waals surface area (Å²) in [6.07, 6.45) is 0.860. The highest BCUT2D eigenvalue weighted by atomic mass is 35.5. The fraction of sp³-hybridized carbons (Fsp3) is 0.400. The van der Waals surface area contributed by atoms with Crippen molar-refractivity contribution in [3.63, 3.8) is 0 Å². The van der Waals surface area contributed by atoms with Crippen LogP contribution in [0.5, 0.6) is 5.75 Å². The topological polar surface area (TPSA) is 44.5 Å². The van der Waals surface area contributed by atoms with Crippen molar-refractivity contribution in [1.82, 2.24) is 0 Å². The highest BCUT2D eigenvalue weighted by Crippen LogP contribution is 2.28. The van der Waals surface area contributed by atoms with Gasteiger partial charge in [-0.1, -0.05) is 18.5 Å². The van der Waals surface area contributed by atoms with Crippen LogP contribution in [0.1, 0.15) is 18.1 Å². The van der Waals surface area contributed by atoms with Gasteiger partial charge in [0.2, 0.25) is 0 Å². The Bertz CT molecular complexity index is 315. The second kappa shape index (κ2) is 5.20. The molecule has 0 amide bonds. The summed E-state index contributed by atoms with van der Waals surface area (Å²) in [5.41, 5.74) is 2.06. The fourth-order valence-electron chi connectivity index (χ4n) is 1.47. The van der Waals surface area contributed by atoms with Crippen LogP contribution in [-0.2, 0) is 17.9 Å². The molecule has 3 nitrogen and oxygen atoms in total. The quantitative estimate of drug-likeness (QED) is 0.784. The van der Waals surface area contributed by atoms with Gasteiger partial charge in [-0.05, 0) is 29.7 Å². The maximum Gasteiger partial charge on any atom is 0.123 e. The molecule has 0 saturated carbocycles. The molecule has 4 heteroatoms. The molecule has 0 aliphatic heterocycles. The van der Waals surface area contributed by atoms with Crippen LogP contribution in [-0.4, -0.2) is 7.11 Å². The van der Waals surface area contributed by atoms with Gasteiger partial charge >= 0.3 is 0 Å². The van der Waals surface area contributed by atoms with Crippen LogP contribution >= 0.6 is 11.6 Å². The van der Waals surface area contributed by atoms with Gasteiger partial charge in [0.05, 0.1) is 13.7 Å². The maximum atomic E-state index is 5.92. The normalized spacial score (nSPS) is 10.3. The summed E-state index contributed by atoms with van der Waals surface area (Å²) in [6, 6.07) is 3.64. The fourth-order valence-corrected chi connectivity index (χ4v) is 1.70. The molecule has 0 spiro atoms. The van der Waals surface area contributed by atoms with Crippen molar-refractivity contribution in [2.75, 3.05) is 7.11 Å². The number of halogens is 1. The Morgan fingerprint density at radius 3 is 2.64 bits per heavy atom. The number of ether oxygens (including phenoxy) is 1. The predicted octanol–water partition coefficient (Wildman–Crippen LogP) is 2.30. The Labute approximate surface area is 88.7 Å². The second-order valence-corrected chi connectivity index (χ2v) is 3.35. The van der Waals surface area contributed by atoms with Crippen LogP contribution in [0, 0.1) is 0 Å². The van der Waals surface area contributed by atoms with E-state index in [0.29, 0.717) is 11.6 Å². The lowest BCUT2D eigenvalue weighted by Crippen LogP contribution is -2.03. The molecule has 0 saturated heterocycles. The third-order valence-electron chi connectivity index (χ3n) is 2.08. The first-order valence-electron chi connectivity index (χ1n) is 4.39. The minimum absolute atomic E-state index is 0.347. The van der Waals surface area contributed by atoms with E-state index in [0.717, 1.165) is 23.3 Å². The van der Waals surface area contributed by atoms with Gasteiger partial charge in [-0.2, -0.15) is 0 Å². The van der Waals surface area contributed by atoms with Gasteiger partial charge in [-0.25, -0.2) is 5.90 Å². The highest BCUT2D eigenvalue weighted by Gasteiger charge is 2.09. The lowest BCUT2D eigenvalue weighted by atomic mass is 10.0. The van der Waals surface area contributed by atoms with E-state index in [1.54, 1.807) is 13.2 Å². The molecular weight excluding hydrogens is 202 g/mol. The van der Waals surface area contributed by atoms with Crippen molar-refractivity contribution in [1.29, 1.82) is 0 Å². The van der Waals surface area contributed by atoms with E-state index < -0.39 is 0 Å². The highest BCUT2D eigenvalue weighted by molar-refractivity contribution is 6.30. The van der Waals surface area contributed by atoms with E-state index in [1.807, 2.05) is 13.0 Å². The van der Waals surface area contributed by atoms with Gasteiger partial charge in [0, 0.05) is 5.02 Å². The first kappa shape index (κ1) is 11.3. The van der Waals surface area contributed by atoms with Crippen molar-refractivity contribution >= 4 is 11.6 Å². The lowest BCUT2D eigenvalue weighted by molar-refractivity contribution is 0.123. The van der Waals surface area contributed by atoms with Gasteiger partial charge < -0.3 is 4.74 Å². The maximum absolute atomic E-state index is 5.92. The SMILES string of the molecule is CCc1c(CON)cc(Cl)cc1OC. The number of hydrogen-bond acceptors (Lipinski definition) is 3. The van der Waals surface area contributed by atoms with Gasteiger partial charge in [0.25, 0.3) is 0 Å². The monoisotopic (exact) mass is 215 g/mol. The zero-order chi connectivity index (χ0) is 10.6. The minimum atomic E-state index is 0.347. The van der Waals surface area contributed by atoms with Crippen molar-refractivity contribution in [2.45, 2.75) is 20.0 Å². The van der Waals surface area contributed by atoms with E-state index in [-0.39, 0.29) is 0 Å². The van der Waals surface area contributed by atoms with Crippen LogP contribution in [0.25, 0.3) is 0 Å². The molecule has 0 bridgehead atoms. The van der Waals surface area contributed by atoms with Crippen LogP contribution in [0.2, 0.25) is 5.02 Å². The molecule has 1 rings (SSSR count). The molecule has 0 atom stereocenters. The summed E-state index contributed by atoms with van der Waals surface area (Å²) < 4.78 is 5.22. The van der Waals surface area contributed by atoms with E-state index in [9.17, 15) is 0 Å². The molecule has 1 aromatic rings. The minimum Gasteiger partial charge on any atom is -0.496 e. The number of nitrogens with two attached hydrogens (primary N) is 1. The van der Waals surface area contributed by atoms with Gasteiger partial charge in [-0.3, -0.25) is 4.84 Å². The Kier molecular flexibility index (Phi) is 4.20.